The first-order chi connectivity index (χ1) is 33.4. The smallest absolute Gasteiger partial charge is 0.355 e. The molecular formula is C53H68N8O9. The predicted octanol–water partition coefficient (Wildman–Crippen LogP) is 5.24. The van der Waals surface area contributed by atoms with Crippen molar-refractivity contribution >= 4 is 40.6 Å². The van der Waals surface area contributed by atoms with Crippen molar-refractivity contribution in [3.05, 3.63) is 90.3 Å². The molecule has 6 atom stereocenters. The number of rotatable bonds is 9. The Hall–Kier alpha value is -6.14. The van der Waals surface area contributed by atoms with Crippen LogP contribution >= 0.6 is 0 Å². The molecule has 3 N–H and O–H groups in total. The molecule has 3 fully saturated rings. The van der Waals surface area contributed by atoms with E-state index in [0.717, 1.165) is 50.1 Å². The Bertz CT molecular complexity index is 2660. The van der Waals surface area contributed by atoms with Gasteiger partial charge >= 0.3 is 12.0 Å². The lowest BCUT2D eigenvalue weighted by Crippen LogP contribution is -2.67. The number of cyclic esters (lactones) is 1. The third-order valence-electron chi connectivity index (χ3n) is 14.4. The molecule has 0 spiro atoms. The van der Waals surface area contributed by atoms with Crippen LogP contribution in [-0.4, -0.2) is 148 Å². The number of esters is 1. The third kappa shape index (κ3) is 9.81. The van der Waals surface area contributed by atoms with Gasteiger partial charge in [-0.25, -0.2) is 9.59 Å². The van der Waals surface area contributed by atoms with Crippen LogP contribution in [0.15, 0.2) is 73.4 Å². The highest BCUT2D eigenvalue weighted by Gasteiger charge is 2.47. The highest BCUT2D eigenvalue weighted by atomic mass is 16.6. The van der Waals surface area contributed by atoms with Gasteiger partial charge in [-0.3, -0.25) is 24.4 Å². The van der Waals surface area contributed by atoms with E-state index in [4.69, 9.17) is 19.2 Å². The first-order valence-corrected chi connectivity index (χ1v) is 24.5. The number of methoxy groups -OCH3 is 1. The zero-order valence-corrected chi connectivity index (χ0v) is 41.7. The number of aryl methyl sites for hydroxylation is 1. The zero-order valence-electron chi connectivity index (χ0n) is 41.7. The topological polar surface area (TPSA) is 188 Å². The molecule has 2 aromatic carbocycles. The summed E-state index contributed by atoms with van der Waals surface area (Å²) < 4.78 is 20.1. The number of amides is 5. The fraction of sp³-hybridized carbons (Fsp3) is 0.509. The summed E-state index contributed by atoms with van der Waals surface area (Å²) in [6.45, 7) is 17.4. The van der Waals surface area contributed by atoms with Gasteiger partial charge in [-0.1, -0.05) is 64.6 Å². The van der Waals surface area contributed by atoms with Crippen LogP contribution in [0, 0.1) is 11.3 Å². The van der Waals surface area contributed by atoms with Gasteiger partial charge < -0.3 is 43.9 Å². The summed E-state index contributed by atoms with van der Waals surface area (Å²) in [5.41, 5.74) is 7.31. The van der Waals surface area contributed by atoms with Crippen molar-refractivity contribution in [2.75, 3.05) is 53.6 Å². The molecule has 3 saturated heterocycles. The van der Waals surface area contributed by atoms with E-state index in [2.05, 4.69) is 53.1 Å². The minimum absolute atomic E-state index is 0.0153. The van der Waals surface area contributed by atoms with Crippen LogP contribution in [-0.2, 0) is 52.8 Å². The quantitative estimate of drug-likeness (QED) is 0.147. The molecule has 4 aliphatic heterocycles. The number of nitrogens with one attached hydrogen (secondary N) is 2. The number of urea groups is 1. The third-order valence-corrected chi connectivity index (χ3v) is 14.4. The van der Waals surface area contributed by atoms with Crippen LogP contribution in [0.3, 0.4) is 0 Å². The van der Waals surface area contributed by atoms with E-state index in [1.807, 2.05) is 65.0 Å². The molecular weight excluding hydrogens is 893 g/mol. The number of fused-ring (bicyclic) bond motifs is 7. The van der Waals surface area contributed by atoms with E-state index >= 15 is 0 Å². The van der Waals surface area contributed by atoms with Crippen molar-refractivity contribution in [3.8, 4) is 22.4 Å². The average molecular weight is 961 g/mol. The fourth-order valence-electron chi connectivity index (χ4n) is 10.8. The zero-order chi connectivity index (χ0) is 50.2. The molecule has 0 saturated carbocycles. The Balaban J connectivity index is 1.17. The Kier molecular flexibility index (Phi) is 14.6. The number of benzene rings is 2. The number of pyridine rings is 1. The van der Waals surface area contributed by atoms with Crippen molar-refractivity contribution in [3.63, 3.8) is 0 Å². The summed E-state index contributed by atoms with van der Waals surface area (Å²) in [5, 5.41) is 17.2. The van der Waals surface area contributed by atoms with E-state index in [-0.39, 0.29) is 75.6 Å². The average Bonchev–Trinajstić information content (AvgIpc) is 3.92. The molecule has 0 radical (unpaired) electrons. The molecule has 6 bridgehead atoms. The summed E-state index contributed by atoms with van der Waals surface area (Å²) in [6, 6.07) is 15.3. The van der Waals surface area contributed by atoms with Crippen molar-refractivity contribution in [2.24, 2.45) is 11.3 Å². The number of nitrogens with zero attached hydrogens (tertiary/aromatic N) is 6. The number of likely N-dealkylation sites (N-methyl/N-ethyl adjacent to an activating group) is 1. The molecule has 5 amide bonds. The minimum Gasteiger partial charge on any atom is -0.462 e. The highest BCUT2D eigenvalue weighted by molar-refractivity contribution is 5.96. The maximum Gasteiger partial charge on any atom is 0.355 e. The molecule has 374 valence electrons. The van der Waals surface area contributed by atoms with E-state index in [9.17, 15) is 29.1 Å². The van der Waals surface area contributed by atoms with Gasteiger partial charge in [0.1, 0.15) is 12.1 Å². The molecule has 8 rings (SSSR count). The van der Waals surface area contributed by atoms with Crippen LogP contribution < -0.4 is 10.7 Å². The molecule has 4 aromatic rings. The van der Waals surface area contributed by atoms with Gasteiger partial charge in [0.2, 0.25) is 17.5 Å². The maximum absolute atomic E-state index is 14.8. The van der Waals surface area contributed by atoms with Gasteiger partial charge in [-0.05, 0) is 85.2 Å². The standard InChI is InChI=1S/C53H68N8O9/c1-10-44(62)60-23-24-69-43-30-58(29-42(43)60)51(66)57(8)46(32(3)4)48(63)55-40-26-34-15-12-16-35(25-34)36-18-19-41-38(27-36)39(47(59(41)11-2)37-17-13-21-54-45(37)33(5)68-9)28-52(6,7)31-70-50(65)53(67)20-14-22-61(56-53)49(40)64/h10,12-13,15-19,21,25,27,32-33,40,42-43,46,56,67H,1,11,14,20,22-24,26,28-31H2,2-9H3,(H,55,63)/t33-,40-,42+,43-,46-,53-/m0/s1. The number of ether oxygens (including phenoxy) is 3. The fourth-order valence-corrected chi connectivity index (χ4v) is 10.8. The number of hydrazine groups is 1. The predicted molar refractivity (Wildman–Crippen MR) is 264 cm³/mol. The highest BCUT2D eigenvalue weighted by Crippen LogP contribution is 2.42. The van der Waals surface area contributed by atoms with Crippen LogP contribution in [0.25, 0.3) is 33.3 Å². The number of aliphatic hydroxyl groups is 1. The molecule has 0 unspecified atom stereocenters. The maximum atomic E-state index is 14.8. The van der Waals surface area contributed by atoms with Crippen molar-refractivity contribution in [1.29, 1.82) is 0 Å². The monoisotopic (exact) mass is 961 g/mol. The molecule has 17 heteroatoms. The van der Waals surface area contributed by atoms with Crippen LogP contribution in [0.4, 0.5) is 4.79 Å². The van der Waals surface area contributed by atoms with Gasteiger partial charge in [0.05, 0.1) is 49.4 Å². The lowest BCUT2D eigenvalue weighted by molar-refractivity contribution is -0.189. The van der Waals surface area contributed by atoms with Crippen molar-refractivity contribution in [2.45, 2.75) is 110 Å². The van der Waals surface area contributed by atoms with Crippen molar-refractivity contribution in [1.82, 2.24) is 40.0 Å². The lowest BCUT2D eigenvalue weighted by atomic mass is 9.84. The van der Waals surface area contributed by atoms with E-state index in [0.29, 0.717) is 26.1 Å². The van der Waals surface area contributed by atoms with Crippen LogP contribution in [0.2, 0.25) is 0 Å². The van der Waals surface area contributed by atoms with Crippen LogP contribution in [0.1, 0.15) is 77.3 Å². The molecule has 70 heavy (non-hydrogen) atoms. The largest absolute Gasteiger partial charge is 0.462 e. The molecule has 0 aliphatic carbocycles. The summed E-state index contributed by atoms with van der Waals surface area (Å²) in [5.74, 6) is -2.67. The Morgan fingerprint density at radius 2 is 1.84 bits per heavy atom. The number of aromatic nitrogens is 2. The van der Waals surface area contributed by atoms with Gasteiger partial charge in [-0.15, -0.1) is 0 Å². The Morgan fingerprint density at radius 3 is 2.57 bits per heavy atom. The van der Waals surface area contributed by atoms with Gasteiger partial charge in [-0.2, -0.15) is 5.43 Å². The summed E-state index contributed by atoms with van der Waals surface area (Å²) in [4.78, 5) is 80.0. The second kappa shape index (κ2) is 20.3. The second-order valence-electron chi connectivity index (χ2n) is 20.3. The van der Waals surface area contributed by atoms with Gasteiger partial charge in [0.15, 0.2) is 0 Å². The number of hydrogen-bond acceptors (Lipinski definition) is 11. The summed E-state index contributed by atoms with van der Waals surface area (Å²) in [7, 11) is 3.23. The molecule has 4 aliphatic rings. The first-order valence-electron chi connectivity index (χ1n) is 24.5. The second-order valence-corrected chi connectivity index (χ2v) is 20.3. The number of hydrogen-bond donors (Lipinski definition) is 3. The number of carbonyl (C=O) groups is 5. The number of likely N-dealkylation sites (tertiary alicyclic amines) is 1. The van der Waals surface area contributed by atoms with E-state index < -0.39 is 47.0 Å². The van der Waals surface area contributed by atoms with Gasteiger partial charge in [0, 0.05) is 81.3 Å². The lowest BCUT2D eigenvalue weighted by Gasteiger charge is -2.40. The Morgan fingerprint density at radius 1 is 1.07 bits per heavy atom. The van der Waals surface area contributed by atoms with Gasteiger partial charge in [0.25, 0.3) is 5.91 Å². The van der Waals surface area contributed by atoms with Crippen molar-refractivity contribution < 1.29 is 43.3 Å². The molecule has 6 heterocycles. The SMILES string of the molecule is C=CC(=O)N1CCO[C@H]2CN(C(=O)N(C)[C@H](C(=O)N[C@H]3Cc4cccc(c4)-c4ccc5c(c4)c(c(-c4cccnc4[C@H](C)OC)n5CC)CC(C)(C)COC(=O)[C@@]4(O)CCCN(N4)C3=O)C(C)C)C[C@H]21. The van der Waals surface area contributed by atoms with Crippen LogP contribution in [0.5, 0.6) is 0 Å². The van der Waals surface area contributed by atoms with E-state index in [1.54, 1.807) is 30.2 Å². The Labute approximate surface area is 410 Å². The first kappa shape index (κ1) is 50.3. The summed E-state index contributed by atoms with van der Waals surface area (Å²) >= 11 is 0. The minimum atomic E-state index is -2.24. The molecule has 17 nitrogen and oxygen atoms in total. The van der Waals surface area contributed by atoms with E-state index in [1.165, 1.54) is 16.0 Å². The normalized spacial score (nSPS) is 23.6. The molecule has 2 aromatic heterocycles. The summed E-state index contributed by atoms with van der Waals surface area (Å²) in [6.07, 6.45) is 3.15. The number of morpholine rings is 1. The number of carbonyl (C=O) groups excluding carboxylic acids is 5.